The number of likely N-dealkylation sites (N-methyl/N-ethyl adjacent to an activating group) is 1. The molecule has 2 unspecified atom stereocenters. The fraction of sp³-hybridized carbons (Fsp3) is 0.818. The van der Waals surface area contributed by atoms with Crippen LogP contribution in [0.2, 0.25) is 0 Å². The van der Waals surface area contributed by atoms with Gasteiger partial charge in [0.25, 0.3) is 0 Å². The number of methoxy groups -OCH3 is 1. The Morgan fingerprint density at radius 2 is 2.47 bits per heavy atom. The minimum atomic E-state index is 0.142. The molecule has 0 aliphatic carbocycles. The molecule has 0 amide bonds. The summed E-state index contributed by atoms with van der Waals surface area (Å²) in [5.74, 6) is 1.56. The molecule has 0 spiro atoms. The normalized spacial score (nSPS) is 23.8. The summed E-state index contributed by atoms with van der Waals surface area (Å²) >= 11 is 0. The van der Waals surface area contributed by atoms with Gasteiger partial charge in [0, 0.05) is 26.7 Å². The van der Waals surface area contributed by atoms with Crippen LogP contribution in [-0.4, -0.2) is 55.4 Å². The van der Waals surface area contributed by atoms with Crippen molar-refractivity contribution in [3.63, 3.8) is 0 Å². The summed E-state index contributed by atoms with van der Waals surface area (Å²) in [5.41, 5.74) is 0. The SMILES string of the molecule is COCC(C)c1nc(C2CNCCN2C)no1. The average molecular weight is 240 g/mol. The molecule has 1 saturated heterocycles. The Morgan fingerprint density at radius 3 is 3.18 bits per heavy atom. The lowest BCUT2D eigenvalue weighted by Gasteiger charge is -2.30. The Morgan fingerprint density at radius 1 is 1.65 bits per heavy atom. The minimum Gasteiger partial charge on any atom is -0.384 e. The zero-order valence-corrected chi connectivity index (χ0v) is 10.6. The Kier molecular flexibility index (Phi) is 4.09. The lowest BCUT2D eigenvalue weighted by Crippen LogP contribution is -2.44. The molecule has 0 saturated carbocycles. The number of hydrogen-bond acceptors (Lipinski definition) is 6. The zero-order chi connectivity index (χ0) is 12.3. The Labute approximate surface area is 101 Å². The topological polar surface area (TPSA) is 63.4 Å². The van der Waals surface area contributed by atoms with Crippen molar-refractivity contribution in [3.8, 4) is 0 Å². The Balaban J connectivity index is 2.06. The van der Waals surface area contributed by atoms with E-state index in [1.54, 1.807) is 7.11 Å². The van der Waals surface area contributed by atoms with Crippen LogP contribution in [0.1, 0.15) is 30.6 Å². The molecule has 17 heavy (non-hydrogen) atoms. The third-order valence-electron chi connectivity index (χ3n) is 3.10. The second kappa shape index (κ2) is 5.57. The standard InChI is InChI=1S/C11H20N4O2/c1-8(7-16-3)11-13-10(14-17-11)9-6-12-4-5-15(9)2/h8-9,12H,4-7H2,1-3H3. The fourth-order valence-corrected chi connectivity index (χ4v) is 2.00. The molecule has 2 atom stereocenters. The van der Waals surface area contributed by atoms with Crippen LogP contribution in [0, 0.1) is 0 Å². The van der Waals surface area contributed by atoms with E-state index in [0.717, 1.165) is 25.5 Å². The van der Waals surface area contributed by atoms with Crippen molar-refractivity contribution in [1.29, 1.82) is 0 Å². The highest BCUT2D eigenvalue weighted by Gasteiger charge is 2.26. The van der Waals surface area contributed by atoms with Gasteiger partial charge in [-0.25, -0.2) is 0 Å². The summed E-state index contributed by atoms with van der Waals surface area (Å²) in [4.78, 5) is 6.71. The van der Waals surface area contributed by atoms with Crippen LogP contribution in [0.25, 0.3) is 0 Å². The van der Waals surface area contributed by atoms with Crippen molar-refractivity contribution in [2.24, 2.45) is 0 Å². The van der Waals surface area contributed by atoms with E-state index >= 15 is 0 Å². The molecule has 2 rings (SSSR count). The van der Waals surface area contributed by atoms with Gasteiger partial charge >= 0.3 is 0 Å². The monoisotopic (exact) mass is 240 g/mol. The van der Waals surface area contributed by atoms with Crippen LogP contribution >= 0.6 is 0 Å². The van der Waals surface area contributed by atoms with Crippen LogP contribution in [0.5, 0.6) is 0 Å². The average Bonchev–Trinajstić information content (AvgIpc) is 2.79. The predicted octanol–water partition coefficient (Wildman–Crippen LogP) is 0.396. The molecule has 6 heteroatoms. The van der Waals surface area contributed by atoms with Crippen LogP contribution in [-0.2, 0) is 4.74 Å². The maximum atomic E-state index is 5.28. The number of aromatic nitrogens is 2. The van der Waals surface area contributed by atoms with E-state index in [-0.39, 0.29) is 12.0 Å². The van der Waals surface area contributed by atoms with Gasteiger partial charge in [-0.1, -0.05) is 12.1 Å². The number of rotatable bonds is 4. The molecule has 1 N–H and O–H groups in total. The van der Waals surface area contributed by atoms with Gasteiger partial charge in [0.15, 0.2) is 5.82 Å². The molecule has 1 aliphatic rings. The molecule has 1 aliphatic heterocycles. The molecule has 1 fully saturated rings. The molecule has 0 aromatic carbocycles. The molecule has 6 nitrogen and oxygen atoms in total. The van der Waals surface area contributed by atoms with E-state index < -0.39 is 0 Å². The van der Waals surface area contributed by atoms with Gasteiger partial charge in [0.1, 0.15) is 0 Å². The molecular formula is C11H20N4O2. The third-order valence-corrected chi connectivity index (χ3v) is 3.10. The summed E-state index contributed by atoms with van der Waals surface area (Å²) < 4.78 is 10.4. The lowest BCUT2D eigenvalue weighted by atomic mass is 10.2. The van der Waals surface area contributed by atoms with Gasteiger partial charge in [-0.05, 0) is 7.05 Å². The maximum absolute atomic E-state index is 5.28. The van der Waals surface area contributed by atoms with Crippen LogP contribution in [0.3, 0.4) is 0 Å². The number of hydrogen-bond donors (Lipinski definition) is 1. The summed E-state index contributed by atoms with van der Waals surface area (Å²) in [6, 6.07) is 0.205. The van der Waals surface area contributed by atoms with Crippen LogP contribution in [0.4, 0.5) is 0 Å². The van der Waals surface area contributed by atoms with Crippen molar-refractivity contribution in [3.05, 3.63) is 11.7 Å². The highest BCUT2D eigenvalue weighted by Crippen LogP contribution is 2.20. The van der Waals surface area contributed by atoms with Gasteiger partial charge in [-0.2, -0.15) is 4.98 Å². The first-order valence-corrected chi connectivity index (χ1v) is 5.95. The van der Waals surface area contributed by atoms with E-state index in [9.17, 15) is 0 Å². The van der Waals surface area contributed by atoms with E-state index in [1.165, 1.54) is 0 Å². The molecule has 0 bridgehead atoms. The van der Waals surface area contributed by atoms with Crippen molar-refractivity contribution in [2.75, 3.05) is 40.4 Å². The van der Waals surface area contributed by atoms with Crippen molar-refractivity contribution >= 4 is 0 Å². The molecule has 1 aromatic rings. The van der Waals surface area contributed by atoms with Crippen LogP contribution < -0.4 is 5.32 Å². The smallest absolute Gasteiger partial charge is 0.231 e. The quantitative estimate of drug-likeness (QED) is 0.821. The zero-order valence-electron chi connectivity index (χ0n) is 10.6. The number of piperazine rings is 1. The molecular weight excluding hydrogens is 220 g/mol. The van der Waals surface area contributed by atoms with E-state index in [4.69, 9.17) is 9.26 Å². The summed E-state index contributed by atoms with van der Waals surface area (Å²) in [6.45, 7) is 5.50. The Hall–Kier alpha value is -0.980. The van der Waals surface area contributed by atoms with Crippen LogP contribution in [0.15, 0.2) is 4.52 Å². The molecule has 96 valence electrons. The number of nitrogens with zero attached hydrogens (tertiary/aromatic N) is 3. The first kappa shape index (κ1) is 12.5. The fourth-order valence-electron chi connectivity index (χ4n) is 2.00. The van der Waals surface area contributed by atoms with Gasteiger partial charge in [-0.3, -0.25) is 4.90 Å². The van der Waals surface area contributed by atoms with Crippen molar-refractivity contribution in [2.45, 2.75) is 18.9 Å². The molecule has 0 radical (unpaired) electrons. The van der Waals surface area contributed by atoms with Gasteiger partial charge in [0.2, 0.25) is 5.89 Å². The molecule has 1 aromatic heterocycles. The molecule has 2 heterocycles. The predicted molar refractivity (Wildman–Crippen MR) is 62.8 cm³/mol. The van der Waals surface area contributed by atoms with E-state index in [0.29, 0.717) is 12.5 Å². The Bertz CT molecular complexity index is 355. The number of nitrogens with one attached hydrogen (secondary N) is 1. The first-order valence-electron chi connectivity index (χ1n) is 5.95. The second-order valence-electron chi connectivity index (χ2n) is 4.55. The summed E-state index contributed by atoms with van der Waals surface area (Å²) in [7, 11) is 3.76. The summed E-state index contributed by atoms with van der Waals surface area (Å²) in [6.07, 6.45) is 0. The lowest BCUT2D eigenvalue weighted by molar-refractivity contribution is 0.169. The largest absolute Gasteiger partial charge is 0.384 e. The number of ether oxygens (including phenoxy) is 1. The first-order chi connectivity index (χ1) is 8.22. The van der Waals surface area contributed by atoms with Gasteiger partial charge < -0.3 is 14.6 Å². The minimum absolute atomic E-state index is 0.142. The van der Waals surface area contributed by atoms with Gasteiger partial charge in [-0.15, -0.1) is 0 Å². The second-order valence-corrected chi connectivity index (χ2v) is 4.55. The highest BCUT2D eigenvalue weighted by atomic mass is 16.5. The van der Waals surface area contributed by atoms with Crippen molar-refractivity contribution in [1.82, 2.24) is 20.4 Å². The third kappa shape index (κ3) is 2.83. The van der Waals surface area contributed by atoms with Crippen molar-refractivity contribution < 1.29 is 9.26 Å². The highest BCUT2D eigenvalue weighted by molar-refractivity contribution is 5.00. The van der Waals surface area contributed by atoms with Gasteiger partial charge in [0.05, 0.1) is 18.6 Å². The van der Waals surface area contributed by atoms with E-state index in [1.807, 2.05) is 6.92 Å². The van der Waals surface area contributed by atoms with E-state index in [2.05, 4.69) is 27.4 Å². The maximum Gasteiger partial charge on any atom is 0.231 e. The summed E-state index contributed by atoms with van der Waals surface area (Å²) in [5, 5.41) is 7.41.